The first-order valence-electron chi connectivity index (χ1n) is 8.01. The summed E-state index contributed by atoms with van der Waals surface area (Å²) in [4.78, 5) is 28.0. The highest BCUT2D eigenvalue weighted by atomic mass is 16.4. The van der Waals surface area contributed by atoms with Crippen LogP contribution in [0.25, 0.3) is 0 Å². The highest BCUT2D eigenvalue weighted by molar-refractivity contribution is 5.98. The molecule has 2 aliphatic heterocycles. The van der Waals surface area contributed by atoms with Gasteiger partial charge in [-0.1, -0.05) is 18.2 Å². The largest absolute Gasteiger partial charge is 0.480 e. The van der Waals surface area contributed by atoms with Crippen molar-refractivity contribution >= 4 is 11.9 Å². The number of nitrogens with zero attached hydrogens (tertiary/aromatic N) is 2. The van der Waals surface area contributed by atoms with Crippen LogP contribution in [0.2, 0.25) is 0 Å². The molecule has 5 nitrogen and oxygen atoms in total. The van der Waals surface area contributed by atoms with E-state index in [1.54, 1.807) is 0 Å². The van der Waals surface area contributed by atoms with Gasteiger partial charge in [0, 0.05) is 18.7 Å². The van der Waals surface area contributed by atoms with E-state index in [0.717, 1.165) is 31.6 Å². The van der Waals surface area contributed by atoms with Crippen LogP contribution >= 0.6 is 0 Å². The lowest BCUT2D eigenvalue weighted by molar-refractivity contribution is -0.141. The molecule has 2 aliphatic rings. The fourth-order valence-electron chi connectivity index (χ4n) is 3.47. The molecule has 2 heterocycles. The molecular formula is C17H22N2O3. The van der Waals surface area contributed by atoms with E-state index in [2.05, 4.69) is 4.90 Å². The Morgan fingerprint density at radius 1 is 1.09 bits per heavy atom. The van der Waals surface area contributed by atoms with Gasteiger partial charge in [-0.15, -0.1) is 0 Å². The van der Waals surface area contributed by atoms with E-state index >= 15 is 0 Å². The first kappa shape index (κ1) is 15.0. The van der Waals surface area contributed by atoms with Gasteiger partial charge in [0.2, 0.25) is 0 Å². The number of hydrogen-bond acceptors (Lipinski definition) is 3. The van der Waals surface area contributed by atoms with Crippen molar-refractivity contribution in [3.05, 3.63) is 35.4 Å². The van der Waals surface area contributed by atoms with Crippen LogP contribution in [0.4, 0.5) is 0 Å². The predicted molar refractivity (Wildman–Crippen MR) is 82.6 cm³/mol. The third-order valence-electron chi connectivity index (χ3n) is 4.64. The Kier molecular flexibility index (Phi) is 4.43. The van der Waals surface area contributed by atoms with Crippen LogP contribution < -0.4 is 0 Å². The van der Waals surface area contributed by atoms with E-state index in [4.69, 9.17) is 0 Å². The average molecular weight is 302 g/mol. The number of carboxylic acid groups (broad SMARTS) is 1. The van der Waals surface area contributed by atoms with E-state index in [-0.39, 0.29) is 5.91 Å². The molecule has 1 amide bonds. The van der Waals surface area contributed by atoms with Gasteiger partial charge in [-0.25, -0.2) is 4.79 Å². The van der Waals surface area contributed by atoms with Gasteiger partial charge in [0.25, 0.3) is 5.91 Å². The topological polar surface area (TPSA) is 60.9 Å². The van der Waals surface area contributed by atoms with E-state index in [9.17, 15) is 14.7 Å². The van der Waals surface area contributed by atoms with Gasteiger partial charge in [-0.3, -0.25) is 9.69 Å². The Balaban J connectivity index is 1.81. The Bertz CT molecular complexity index is 567. The molecule has 1 unspecified atom stereocenters. The van der Waals surface area contributed by atoms with Crippen molar-refractivity contribution in [3.8, 4) is 0 Å². The summed E-state index contributed by atoms with van der Waals surface area (Å²) >= 11 is 0. The zero-order valence-corrected chi connectivity index (χ0v) is 12.7. The fraction of sp³-hybridized carbons (Fsp3) is 0.529. The second-order valence-electron chi connectivity index (χ2n) is 6.14. The molecule has 2 saturated heterocycles. The summed E-state index contributed by atoms with van der Waals surface area (Å²) < 4.78 is 0. The number of carboxylic acids is 1. The van der Waals surface area contributed by atoms with Crippen LogP contribution in [0.1, 0.15) is 41.6 Å². The van der Waals surface area contributed by atoms with Gasteiger partial charge in [0.05, 0.1) is 0 Å². The highest BCUT2D eigenvalue weighted by Gasteiger charge is 2.35. The van der Waals surface area contributed by atoms with Crippen LogP contribution in [0.3, 0.4) is 0 Å². The Morgan fingerprint density at radius 2 is 1.82 bits per heavy atom. The zero-order valence-electron chi connectivity index (χ0n) is 12.7. The maximum Gasteiger partial charge on any atom is 0.326 e. The number of amides is 1. The third-order valence-corrected chi connectivity index (χ3v) is 4.64. The molecule has 22 heavy (non-hydrogen) atoms. The highest BCUT2D eigenvalue weighted by Crippen LogP contribution is 2.23. The summed E-state index contributed by atoms with van der Waals surface area (Å²) in [7, 11) is 0. The molecule has 0 aliphatic carbocycles. The molecule has 1 aromatic rings. The van der Waals surface area contributed by atoms with Crippen molar-refractivity contribution in [1.82, 2.24) is 9.80 Å². The SMILES string of the molecule is O=C(O)C1CCCN1C(=O)c1ccccc1CN1CCCC1. The van der Waals surface area contributed by atoms with Crippen molar-refractivity contribution in [2.24, 2.45) is 0 Å². The van der Waals surface area contributed by atoms with Crippen LogP contribution in [0.5, 0.6) is 0 Å². The molecular weight excluding hydrogens is 280 g/mol. The predicted octanol–water partition coefficient (Wildman–Crippen LogP) is 1.97. The number of aliphatic carboxylic acids is 1. The maximum atomic E-state index is 12.8. The molecule has 2 fully saturated rings. The Labute approximate surface area is 130 Å². The van der Waals surface area contributed by atoms with Crippen molar-refractivity contribution < 1.29 is 14.7 Å². The average Bonchev–Trinajstić information content (AvgIpc) is 3.18. The minimum absolute atomic E-state index is 0.139. The lowest BCUT2D eigenvalue weighted by Crippen LogP contribution is -2.41. The number of benzene rings is 1. The van der Waals surface area contributed by atoms with Gasteiger partial charge in [-0.05, 0) is 50.4 Å². The molecule has 0 saturated carbocycles. The quantitative estimate of drug-likeness (QED) is 0.924. The van der Waals surface area contributed by atoms with E-state index < -0.39 is 12.0 Å². The molecule has 1 atom stereocenters. The van der Waals surface area contributed by atoms with Crippen molar-refractivity contribution in [2.45, 2.75) is 38.3 Å². The second-order valence-corrected chi connectivity index (χ2v) is 6.14. The van der Waals surface area contributed by atoms with Gasteiger partial charge < -0.3 is 10.0 Å². The molecule has 1 N–H and O–H groups in total. The molecule has 0 bridgehead atoms. The van der Waals surface area contributed by atoms with Gasteiger partial charge in [0.1, 0.15) is 6.04 Å². The summed E-state index contributed by atoms with van der Waals surface area (Å²) in [6.07, 6.45) is 3.74. The minimum atomic E-state index is -0.900. The second kappa shape index (κ2) is 6.48. The summed E-state index contributed by atoms with van der Waals surface area (Å²) in [5.41, 5.74) is 1.66. The van der Waals surface area contributed by atoms with E-state index in [1.165, 1.54) is 17.7 Å². The number of carbonyl (C=O) groups is 2. The first-order chi connectivity index (χ1) is 10.7. The molecule has 5 heteroatoms. The molecule has 118 valence electrons. The van der Waals surface area contributed by atoms with Crippen molar-refractivity contribution in [1.29, 1.82) is 0 Å². The summed E-state index contributed by atoms with van der Waals surface area (Å²) in [5, 5.41) is 9.28. The summed E-state index contributed by atoms with van der Waals surface area (Å²) in [6.45, 7) is 3.45. The smallest absolute Gasteiger partial charge is 0.326 e. The summed E-state index contributed by atoms with van der Waals surface area (Å²) in [6, 6.07) is 6.93. The number of rotatable bonds is 4. The number of likely N-dealkylation sites (tertiary alicyclic amines) is 2. The van der Waals surface area contributed by atoms with E-state index in [1.807, 2.05) is 24.3 Å². The molecule has 0 spiro atoms. The number of hydrogen-bond donors (Lipinski definition) is 1. The zero-order chi connectivity index (χ0) is 15.5. The monoisotopic (exact) mass is 302 g/mol. The Hall–Kier alpha value is -1.88. The molecule has 0 aromatic heterocycles. The Morgan fingerprint density at radius 3 is 2.55 bits per heavy atom. The molecule has 0 radical (unpaired) electrons. The number of carbonyl (C=O) groups excluding carboxylic acids is 1. The maximum absolute atomic E-state index is 12.8. The van der Waals surface area contributed by atoms with Crippen LogP contribution in [0.15, 0.2) is 24.3 Å². The van der Waals surface area contributed by atoms with Crippen LogP contribution in [-0.4, -0.2) is 52.5 Å². The third kappa shape index (κ3) is 2.99. The van der Waals surface area contributed by atoms with Crippen molar-refractivity contribution in [2.75, 3.05) is 19.6 Å². The lowest BCUT2D eigenvalue weighted by Gasteiger charge is -2.24. The minimum Gasteiger partial charge on any atom is -0.480 e. The van der Waals surface area contributed by atoms with Crippen LogP contribution in [0, 0.1) is 0 Å². The molecule has 3 rings (SSSR count). The van der Waals surface area contributed by atoms with Crippen molar-refractivity contribution in [3.63, 3.8) is 0 Å². The summed E-state index contributed by atoms with van der Waals surface area (Å²) in [5.74, 6) is -1.04. The van der Waals surface area contributed by atoms with E-state index in [0.29, 0.717) is 18.5 Å². The van der Waals surface area contributed by atoms with Crippen LogP contribution in [-0.2, 0) is 11.3 Å². The lowest BCUT2D eigenvalue weighted by atomic mass is 10.1. The van der Waals surface area contributed by atoms with Gasteiger partial charge >= 0.3 is 5.97 Å². The first-order valence-corrected chi connectivity index (χ1v) is 8.01. The van der Waals surface area contributed by atoms with Gasteiger partial charge in [-0.2, -0.15) is 0 Å². The fourth-order valence-corrected chi connectivity index (χ4v) is 3.47. The van der Waals surface area contributed by atoms with Gasteiger partial charge in [0.15, 0.2) is 0 Å². The molecule has 1 aromatic carbocycles. The normalized spacial score (nSPS) is 22.2. The standard InChI is InChI=1S/C17H22N2O3/c20-16(19-11-5-8-15(19)17(21)22)14-7-2-1-6-13(14)12-18-9-3-4-10-18/h1-2,6-7,15H,3-5,8-12H2,(H,21,22).